The average Bonchev–Trinajstić information content (AvgIpc) is 2.44. The molecule has 0 saturated carbocycles. The molecule has 2 aromatic rings. The highest BCUT2D eigenvalue weighted by Crippen LogP contribution is 2.26. The van der Waals surface area contributed by atoms with Crippen molar-refractivity contribution in [3.8, 4) is 11.5 Å². The smallest absolute Gasteiger partial charge is 0.134 e. The molecule has 0 spiro atoms. The molecule has 0 amide bonds. The number of ether oxygens (including phenoxy) is 1. The summed E-state index contributed by atoms with van der Waals surface area (Å²) in [6.07, 6.45) is 0. The quantitative estimate of drug-likeness (QED) is 0.877. The summed E-state index contributed by atoms with van der Waals surface area (Å²) in [6, 6.07) is 10.7. The van der Waals surface area contributed by atoms with Crippen molar-refractivity contribution in [2.75, 3.05) is 7.11 Å². The molecule has 2 aromatic carbocycles. The Hall–Kier alpha value is -1.42. The van der Waals surface area contributed by atoms with E-state index in [0.717, 1.165) is 16.9 Å². The van der Waals surface area contributed by atoms with Gasteiger partial charge in [0.2, 0.25) is 0 Å². The van der Waals surface area contributed by atoms with Crippen LogP contribution in [0.2, 0.25) is 10.0 Å². The summed E-state index contributed by atoms with van der Waals surface area (Å²) >= 11 is 12.0. The Morgan fingerprint density at radius 2 is 1.90 bits per heavy atom. The molecule has 0 radical (unpaired) electrons. The molecule has 0 bridgehead atoms. The Balaban J connectivity index is 2.01. The van der Waals surface area contributed by atoms with Crippen molar-refractivity contribution in [2.24, 2.45) is 0 Å². The van der Waals surface area contributed by atoms with E-state index in [9.17, 15) is 5.11 Å². The minimum Gasteiger partial charge on any atom is -0.506 e. The van der Waals surface area contributed by atoms with Gasteiger partial charge in [-0.15, -0.1) is 0 Å². The number of benzene rings is 2. The highest BCUT2D eigenvalue weighted by atomic mass is 35.5. The van der Waals surface area contributed by atoms with E-state index in [4.69, 9.17) is 27.9 Å². The fourth-order valence-corrected chi connectivity index (χ4v) is 2.33. The summed E-state index contributed by atoms with van der Waals surface area (Å²) in [6.45, 7) is 1.20. The first-order chi connectivity index (χ1) is 9.61. The van der Waals surface area contributed by atoms with Crippen molar-refractivity contribution in [3.05, 3.63) is 57.6 Å². The summed E-state index contributed by atoms with van der Waals surface area (Å²) in [5.74, 6) is 0.844. The van der Waals surface area contributed by atoms with Crippen molar-refractivity contribution < 1.29 is 9.84 Å². The fraction of sp³-hybridized carbons (Fsp3) is 0.200. The largest absolute Gasteiger partial charge is 0.506 e. The molecule has 0 saturated heterocycles. The van der Waals surface area contributed by atoms with Crippen LogP contribution in [0.15, 0.2) is 36.4 Å². The van der Waals surface area contributed by atoms with E-state index in [0.29, 0.717) is 23.1 Å². The first kappa shape index (κ1) is 15.0. The van der Waals surface area contributed by atoms with Crippen LogP contribution in [-0.4, -0.2) is 12.2 Å². The molecule has 5 heteroatoms. The Morgan fingerprint density at radius 1 is 1.10 bits per heavy atom. The highest BCUT2D eigenvalue weighted by Gasteiger charge is 2.07. The second kappa shape index (κ2) is 6.84. The summed E-state index contributed by atoms with van der Waals surface area (Å²) in [5, 5.41) is 13.7. The third-order valence-corrected chi connectivity index (χ3v) is 3.60. The van der Waals surface area contributed by atoms with E-state index in [1.165, 1.54) is 0 Å². The second-order valence-corrected chi connectivity index (χ2v) is 5.12. The van der Waals surface area contributed by atoms with Gasteiger partial charge in [-0.2, -0.15) is 0 Å². The molecule has 2 rings (SSSR count). The number of phenols is 1. The van der Waals surface area contributed by atoms with Gasteiger partial charge in [0.15, 0.2) is 0 Å². The number of nitrogens with one attached hydrogen (secondary N) is 1. The van der Waals surface area contributed by atoms with Gasteiger partial charge in [0.25, 0.3) is 0 Å². The maximum absolute atomic E-state index is 9.37. The summed E-state index contributed by atoms with van der Waals surface area (Å²) in [5.41, 5.74) is 1.90. The maximum Gasteiger partial charge on any atom is 0.134 e. The van der Waals surface area contributed by atoms with E-state index >= 15 is 0 Å². The van der Waals surface area contributed by atoms with Crippen LogP contribution in [0.3, 0.4) is 0 Å². The number of methoxy groups -OCH3 is 1. The minimum atomic E-state index is 0.0863. The first-order valence-corrected chi connectivity index (χ1v) is 6.87. The van der Waals surface area contributed by atoms with Crippen LogP contribution in [0.4, 0.5) is 0 Å². The molecule has 20 heavy (non-hydrogen) atoms. The topological polar surface area (TPSA) is 41.5 Å². The molecular formula is C15H15Cl2NO2. The number of rotatable bonds is 5. The summed E-state index contributed by atoms with van der Waals surface area (Å²) in [4.78, 5) is 0. The van der Waals surface area contributed by atoms with Crippen LogP contribution >= 0.6 is 23.2 Å². The van der Waals surface area contributed by atoms with Crippen molar-refractivity contribution in [2.45, 2.75) is 13.1 Å². The second-order valence-electron chi connectivity index (χ2n) is 4.31. The third kappa shape index (κ3) is 3.57. The number of aromatic hydroxyl groups is 1. The van der Waals surface area contributed by atoms with Gasteiger partial charge in [0.05, 0.1) is 12.1 Å². The van der Waals surface area contributed by atoms with Crippen LogP contribution in [0, 0.1) is 0 Å². The zero-order chi connectivity index (χ0) is 14.5. The molecule has 0 heterocycles. The lowest BCUT2D eigenvalue weighted by Crippen LogP contribution is -2.13. The molecule has 0 unspecified atom stereocenters. The molecule has 0 aliphatic heterocycles. The number of halogens is 2. The Bertz CT molecular complexity index is 602. The molecule has 2 N–H and O–H groups in total. The van der Waals surface area contributed by atoms with Crippen molar-refractivity contribution in [1.82, 2.24) is 5.32 Å². The SMILES string of the molecule is COc1cccc(Cl)c1CNCc1ccc(O)c(Cl)c1. The zero-order valence-corrected chi connectivity index (χ0v) is 12.5. The van der Waals surface area contributed by atoms with Crippen molar-refractivity contribution in [1.29, 1.82) is 0 Å². The van der Waals surface area contributed by atoms with Gasteiger partial charge in [-0.25, -0.2) is 0 Å². The minimum absolute atomic E-state index is 0.0863. The molecular weight excluding hydrogens is 297 g/mol. The maximum atomic E-state index is 9.37. The number of phenolic OH excluding ortho intramolecular Hbond substituents is 1. The zero-order valence-electron chi connectivity index (χ0n) is 11.0. The van der Waals surface area contributed by atoms with E-state index in [1.807, 2.05) is 24.3 Å². The molecule has 106 valence electrons. The van der Waals surface area contributed by atoms with Crippen LogP contribution in [-0.2, 0) is 13.1 Å². The molecule has 3 nitrogen and oxygen atoms in total. The van der Waals surface area contributed by atoms with Crippen LogP contribution < -0.4 is 10.1 Å². The van der Waals surface area contributed by atoms with Gasteiger partial charge in [0, 0.05) is 23.7 Å². The highest BCUT2D eigenvalue weighted by molar-refractivity contribution is 6.32. The summed E-state index contributed by atoms with van der Waals surface area (Å²) in [7, 11) is 1.62. The standard InChI is InChI=1S/C15H15Cl2NO2/c1-20-15-4-2-3-12(16)11(15)9-18-8-10-5-6-14(19)13(17)7-10/h2-7,18-19H,8-9H2,1H3. The lowest BCUT2D eigenvalue weighted by molar-refractivity contribution is 0.407. The molecule has 0 aliphatic rings. The number of hydrogen-bond acceptors (Lipinski definition) is 3. The lowest BCUT2D eigenvalue weighted by Gasteiger charge is -2.11. The normalized spacial score (nSPS) is 10.6. The molecule has 0 aromatic heterocycles. The van der Waals surface area contributed by atoms with Crippen molar-refractivity contribution in [3.63, 3.8) is 0 Å². The Morgan fingerprint density at radius 3 is 2.60 bits per heavy atom. The lowest BCUT2D eigenvalue weighted by atomic mass is 10.1. The predicted octanol–water partition coefficient (Wildman–Crippen LogP) is 4.00. The van der Waals surface area contributed by atoms with Crippen LogP contribution in [0.5, 0.6) is 11.5 Å². The van der Waals surface area contributed by atoms with E-state index in [1.54, 1.807) is 19.2 Å². The van der Waals surface area contributed by atoms with E-state index in [-0.39, 0.29) is 5.75 Å². The Kier molecular flexibility index (Phi) is 5.12. The molecule has 0 atom stereocenters. The van der Waals surface area contributed by atoms with E-state index in [2.05, 4.69) is 5.32 Å². The average molecular weight is 312 g/mol. The van der Waals surface area contributed by atoms with Crippen LogP contribution in [0.1, 0.15) is 11.1 Å². The molecule has 0 fully saturated rings. The Labute approximate surface area is 128 Å². The van der Waals surface area contributed by atoms with Gasteiger partial charge in [-0.1, -0.05) is 35.3 Å². The van der Waals surface area contributed by atoms with Gasteiger partial charge in [-0.05, 0) is 29.8 Å². The van der Waals surface area contributed by atoms with Gasteiger partial charge in [-0.3, -0.25) is 0 Å². The predicted molar refractivity (Wildman–Crippen MR) is 81.7 cm³/mol. The first-order valence-electron chi connectivity index (χ1n) is 6.11. The van der Waals surface area contributed by atoms with Gasteiger partial charge in [0.1, 0.15) is 11.5 Å². The van der Waals surface area contributed by atoms with Gasteiger partial charge < -0.3 is 15.2 Å². The van der Waals surface area contributed by atoms with Crippen molar-refractivity contribution >= 4 is 23.2 Å². The van der Waals surface area contributed by atoms with E-state index < -0.39 is 0 Å². The fourth-order valence-electron chi connectivity index (χ4n) is 1.89. The van der Waals surface area contributed by atoms with Gasteiger partial charge >= 0.3 is 0 Å². The molecule has 0 aliphatic carbocycles. The summed E-state index contributed by atoms with van der Waals surface area (Å²) < 4.78 is 5.29. The number of hydrogen-bond donors (Lipinski definition) is 2. The van der Waals surface area contributed by atoms with Crippen LogP contribution in [0.25, 0.3) is 0 Å². The monoisotopic (exact) mass is 311 g/mol. The third-order valence-electron chi connectivity index (χ3n) is 2.94.